The van der Waals surface area contributed by atoms with Gasteiger partial charge in [0.1, 0.15) is 11.8 Å². The molecule has 2 aromatic heterocycles. The molecular formula is C28H19F3N4O4S. The summed E-state index contributed by atoms with van der Waals surface area (Å²) in [5.74, 6) is -2.01. The number of methoxy groups -OCH3 is 1. The SMILES string of the molecule is COC(=O)C(C(=O)Nc1nc2c(Oc3cc(-c4ccc(C(F)(F)F)cc4)ncn3)cccc2s1)c1ccccc1. The van der Waals surface area contributed by atoms with E-state index in [1.54, 1.807) is 48.5 Å². The summed E-state index contributed by atoms with van der Waals surface area (Å²) in [5.41, 5.74) is 0.973. The molecule has 8 nitrogen and oxygen atoms in total. The van der Waals surface area contributed by atoms with Crippen LogP contribution in [0.4, 0.5) is 18.3 Å². The maximum Gasteiger partial charge on any atom is 0.416 e. The van der Waals surface area contributed by atoms with Gasteiger partial charge in [-0.1, -0.05) is 59.9 Å². The lowest BCUT2D eigenvalue weighted by Crippen LogP contribution is -2.28. The Balaban J connectivity index is 1.38. The molecule has 0 saturated heterocycles. The second-order valence-corrected chi connectivity index (χ2v) is 9.43. The van der Waals surface area contributed by atoms with E-state index in [2.05, 4.69) is 20.3 Å². The van der Waals surface area contributed by atoms with E-state index in [1.165, 1.54) is 43.0 Å². The molecule has 1 N–H and O–H groups in total. The number of amides is 1. The number of carbonyl (C=O) groups is 2. The molecule has 0 bridgehead atoms. The fourth-order valence-corrected chi connectivity index (χ4v) is 4.78. The highest BCUT2D eigenvalue weighted by molar-refractivity contribution is 7.22. The van der Waals surface area contributed by atoms with E-state index in [1.807, 2.05) is 0 Å². The van der Waals surface area contributed by atoms with Gasteiger partial charge in [-0.25, -0.2) is 15.0 Å². The van der Waals surface area contributed by atoms with Gasteiger partial charge < -0.3 is 14.8 Å². The number of nitrogens with zero attached hydrogens (tertiary/aromatic N) is 3. The molecule has 0 aliphatic rings. The Morgan fingerprint density at radius 3 is 2.40 bits per heavy atom. The standard InChI is InChI=1S/C28H19F3N4O4S/c1-38-26(37)23(17-6-3-2-4-7-17)25(36)35-27-34-24-20(8-5-9-21(24)40-27)39-22-14-19(32-15-33-22)16-10-12-18(13-11-16)28(29,30)31/h2-15,23H,1H3,(H,34,35,36). The summed E-state index contributed by atoms with van der Waals surface area (Å²) in [6.45, 7) is 0. The Labute approximate surface area is 229 Å². The zero-order valence-corrected chi connectivity index (χ0v) is 21.5. The van der Waals surface area contributed by atoms with Crippen LogP contribution in [0.1, 0.15) is 17.0 Å². The minimum atomic E-state index is -4.44. The molecule has 5 rings (SSSR count). The number of ether oxygens (including phenoxy) is 2. The first-order valence-corrected chi connectivity index (χ1v) is 12.6. The predicted octanol–water partition coefficient (Wildman–Crippen LogP) is 6.46. The molecule has 3 aromatic carbocycles. The van der Waals surface area contributed by atoms with Crippen molar-refractivity contribution < 1.29 is 32.2 Å². The fourth-order valence-electron chi connectivity index (χ4n) is 3.89. The average Bonchev–Trinajstić information content (AvgIpc) is 3.37. The first kappa shape index (κ1) is 26.8. The van der Waals surface area contributed by atoms with Gasteiger partial charge in [0, 0.05) is 11.6 Å². The van der Waals surface area contributed by atoms with Gasteiger partial charge in [0.15, 0.2) is 16.8 Å². The van der Waals surface area contributed by atoms with E-state index in [0.717, 1.165) is 12.1 Å². The number of hydrogen-bond acceptors (Lipinski definition) is 8. The molecule has 40 heavy (non-hydrogen) atoms. The summed E-state index contributed by atoms with van der Waals surface area (Å²) in [6.07, 6.45) is -3.20. The summed E-state index contributed by atoms with van der Waals surface area (Å²) < 4.78 is 50.2. The van der Waals surface area contributed by atoms with Gasteiger partial charge in [-0.05, 0) is 29.8 Å². The van der Waals surface area contributed by atoms with E-state index in [0.29, 0.717) is 32.8 Å². The molecule has 0 aliphatic carbocycles. The number of thiazole rings is 1. The quantitative estimate of drug-likeness (QED) is 0.179. The molecular weight excluding hydrogens is 545 g/mol. The smallest absolute Gasteiger partial charge is 0.416 e. The number of rotatable bonds is 7. The van der Waals surface area contributed by atoms with E-state index < -0.39 is 29.5 Å². The number of halogens is 3. The number of esters is 1. The van der Waals surface area contributed by atoms with Crippen LogP contribution in [0.25, 0.3) is 21.5 Å². The number of benzene rings is 3. The largest absolute Gasteiger partial charge is 0.468 e. The number of nitrogens with one attached hydrogen (secondary N) is 1. The van der Waals surface area contributed by atoms with Crippen molar-refractivity contribution in [3.63, 3.8) is 0 Å². The van der Waals surface area contributed by atoms with Crippen LogP contribution in [0.5, 0.6) is 11.6 Å². The minimum absolute atomic E-state index is 0.144. The first-order valence-electron chi connectivity index (χ1n) is 11.7. The summed E-state index contributed by atoms with van der Waals surface area (Å²) >= 11 is 1.19. The Bertz CT molecular complexity index is 1680. The molecule has 0 radical (unpaired) electrons. The summed E-state index contributed by atoms with van der Waals surface area (Å²) in [7, 11) is 1.21. The Kier molecular flexibility index (Phi) is 7.43. The van der Waals surface area contributed by atoms with Crippen LogP contribution in [0, 0.1) is 0 Å². The van der Waals surface area contributed by atoms with Gasteiger partial charge >= 0.3 is 12.1 Å². The van der Waals surface area contributed by atoms with Crippen molar-refractivity contribution in [1.29, 1.82) is 0 Å². The Morgan fingerprint density at radius 1 is 0.950 bits per heavy atom. The van der Waals surface area contributed by atoms with Gasteiger partial charge in [-0.3, -0.25) is 9.59 Å². The van der Waals surface area contributed by atoms with E-state index >= 15 is 0 Å². The molecule has 1 unspecified atom stereocenters. The second-order valence-electron chi connectivity index (χ2n) is 8.40. The van der Waals surface area contributed by atoms with Crippen LogP contribution in [0.15, 0.2) is 85.2 Å². The number of alkyl halides is 3. The molecule has 1 atom stereocenters. The molecule has 0 aliphatic heterocycles. The summed E-state index contributed by atoms with van der Waals surface area (Å²) in [5, 5.41) is 2.93. The van der Waals surface area contributed by atoms with Crippen LogP contribution < -0.4 is 10.1 Å². The van der Waals surface area contributed by atoms with Crippen molar-refractivity contribution in [1.82, 2.24) is 15.0 Å². The molecule has 2 heterocycles. The molecule has 12 heteroatoms. The van der Waals surface area contributed by atoms with Gasteiger partial charge in [-0.2, -0.15) is 13.2 Å². The Hall–Kier alpha value is -4.84. The van der Waals surface area contributed by atoms with Crippen molar-refractivity contribution in [3.8, 4) is 22.9 Å². The zero-order valence-electron chi connectivity index (χ0n) is 20.7. The lowest BCUT2D eigenvalue weighted by molar-refractivity contribution is -0.145. The van der Waals surface area contributed by atoms with Crippen LogP contribution in [-0.2, 0) is 20.5 Å². The van der Waals surface area contributed by atoms with E-state index in [-0.39, 0.29) is 11.0 Å². The topological polar surface area (TPSA) is 103 Å². The third-order valence-electron chi connectivity index (χ3n) is 5.81. The van der Waals surface area contributed by atoms with Crippen LogP contribution in [0.2, 0.25) is 0 Å². The first-order chi connectivity index (χ1) is 19.2. The molecule has 202 valence electrons. The highest BCUT2D eigenvalue weighted by Gasteiger charge is 2.31. The normalized spacial score (nSPS) is 12.1. The number of hydrogen-bond donors (Lipinski definition) is 1. The van der Waals surface area contributed by atoms with E-state index in [9.17, 15) is 22.8 Å². The van der Waals surface area contributed by atoms with Gasteiger partial charge in [0.2, 0.25) is 11.8 Å². The van der Waals surface area contributed by atoms with Crippen molar-refractivity contribution >= 4 is 38.6 Å². The van der Waals surface area contributed by atoms with Crippen molar-refractivity contribution in [2.45, 2.75) is 12.1 Å². The van der Waals surface area contributed by atoms with Gasteiger partial charge in [0.25, 0.3) is 0 Å². The molecule has 1 amide bonds. The van der Waals surface area contributed by atoms with Crippen LogP contribution in [0.3, 0.4) is 0 Å². The van der Waals surface area contributed by atoms with Gasteiger partial charge in [0.05, 0.1) is 23.1 Å². The highest BCUT2D eigenvalue weighted by atomic mass is 32.1. The number of fused-ring (bicyclic) bond motifs is 1. The minimum Gasteiger partial charge on any atom is -0.468 e. The second kappa shape index (κ2) is 11.1. The van der Waals surface area contributed by atoms with Crippen molar-refractivity contribution in [3.05, 3.63) is 96.3 Å². The molecule has 0 fully saturated rings. The van der Waals surface area contributed by atoms with Crippen LogP contribution >= 0.6 is 11.3 Å². The maximum absolute atomic E-state index is 13.1. The molecule has 0 saturated carbocycles. The number of aromatic nitrogens is 3. The maximum atomic E-state index is 13.1. The number of carbonyl (C=O) groups excluding carboxylic acids is 2. The predicted molar refractivity (Wildman–Crippen MR) is 142 cm³/mol. The number of para-hydroxylation sites is 1. The molecule has 5 aromatic rings. The average molecular weight is 565 g/mol. The Morgan fingerprint density at radius 2 is 1.70 bits per heavy atom. The van der Waals surface area contributed by atoms with Crippen LogP contribution in [-0.4, -0.2) is 33.9 Å². The third kappa shape index (κ3) is 5.76. The molecule has 0 spiro atoms. The zero-order chi connectivity index (χ0) is 28.3. The lowest BCUT2D eigenvalue weighted by Gasteiger charge is -2.13. The summed E-state index contributed by atoms with van der Waals surface area (Å²) in [6, 6.07) is 19.8. The lowest BCUT2D eigenvalue weighted by atomic mass is 9.98. The monoisotopic (exact) mass is 564 g/mol. The summed E-state index contributed by atoms with van der Waals surface area (Å²) in [4.78, 5) is 38.2. The van der Waals surface area contributed by atoms with Gasteiger partial charge in [-0.15, -0.1) is 0 Å². The number of anilines is 1. The highest BCUT2D eigenvalue weighted by Crippen LogP contribution is 2.36. The third-order valence-corrected chi connectivity index (χ3v) is 6.74. The van der Waals surface area contributed by atoms with Crippen molar-refractivity contribution in [2.75, 3.05) is 12.4 Å². The fraction of sp³-hybridized carbons (Fsp3) is 0.107. The van der Waals surface area contributed by atoms with E-state index in [4.69, 9.17) is 9.47 Å². The van der Waals surface area contributed by atoms with Crippen molar-refractivity contribution in [2.24, 2.45) is 0 Å².